The van der Waals surface area contributed by atoms with Crippen molar-refractivity contribution in [2.24, 2.45) is 5.73 Å². The van der Waals surface area contributed by atoms with Crippen molar-refractivity contribution in [2.45, 2.75) is 45.0 Å². The Balaban J connectivity index is 2.09. The predicted molar refractivity (Wildman–Crippen MR) is 82.8 cm³/mol. The van der Waals surface area contributed by atoms with Gasteiger partial charge in [-0.1, -0.05) is 17.7 Å². The molecule has 2 atom stereocenters. The molecule has 1 saturated heterocycles. The third-order valence-electron chi connectivity index (χ3n) is 3.24. The SMILES string of the molecule is CC(C)Oc1c(Cl)cccc1NC(=O)[C@@H]1CC[C@H](CN)O1. The van der Waals surface area contributed by atoms with Crippen LogP contribution in [0, 0.1) is 0 Å². The average Bonchev–Trinajstić information content (AvgIpc) is 2.91. The molecule has 1 aromatic rings. The van der Waals surface area contributed by atoms with E-state index in [4.69, 9.17) is 26.8 Å². The van der Waals surface area contributed by atoms with Crippen molar-refractivity contribution in [2.75, 3.05) is 11.9 Å². The standard InChI is InChI=1S/C15H21ClN2O3/c1-9(2)20-14-11(16)4-3-5-12(14)18-15(19)13-7-6-10(8-17)21-13/h3-5,9-10,13H,6-8,17H2,1-2H3,(H,18,19)/t10-,13+/m1/s1. The fourth-order valence-corrected chi connectivity index (χ4v) is 2.47. The molecule has 1 amide bonds. The van der Waals surface area contributed by atoms with Gasteiger partial charge in [0.25, 0.3) is 5.91 Å². The first kappa shape index (κ1) is 16.1. The van der Waals surface area contributed by atoms with E-state index in [-0.39, 0.29) is 18.1 Å². The molecule has 0 aromatic heterocycles. The summed E-state index contributed by atoms with van der Waals surface area (Å²) < 4.78 is 11.3. The molecule has 0 aliphatic carbocycles. The Hall–Kier alpha value is -1.30. The van der Waals surface area contributed by atoms with Gasteiger partial charge in [-0.15, -0.1) is 0 Å². The lowest BCUT2D eigenvalue weighted by Gasteiger charge is -2.18. The molecule has 0 saturated carbocycles. The number of rotatable bonds is 5. The number of benzene rings is 1. The van der Waals surface area contributed by atoms with Crippen LogP contribution >= 0.6 is 11.6 Å². The normalized spacial score (nSPS) is 21.6. The van der Waals surface area contributed by atoms with Gasteiger partial charge in [-0.2, -0.15) is 0 Å². The van der Waals surface area contributed by atoms with Crippen LogP contribution in [0.4, 0.5) is 5.69 Å². The Morgan fingerprint density at radius 2 is 2.29 bits per heavy atom. The quantitative estimate of drug-likeness (QED) is 0.876. The number of halogens is 1. The van der Waals surface area contributed by atoms with E-state index in [0.717, 1.165) is 6.42 Å². The summed E-state index contributed by atoms with van der Waals surface area (Å²) in [6.07, 6.45) is 0.939. The number of carbonyl (C=O) groups excluding carboxylic acids is 1. The fourth-order valence-electron chi connectivity index (χ4n) is 2.25. The average molecular weight is 313 g/mol. The van der Waals surface area contributed by atoms with Crippen LogP contribution < -0.4 is 15.8 Å². The molecule has 5 nitrogen and oxygen atoms in total. The number of ether oxygens (including phenoxy) is 2. The molecule has 1 heterocycles. The minimum absolute atomic E-state index is 0.0357. The van der Waals surface area contributed by atoms with Gasteiger partial charge >= 0.3 is 0 Å². The third kappa shape index (κ3) is 4.09. The Morgan fingerprint density at radius 1 is 1.52 bits per heavy atom. The van der Waals surface area contributed by atoms with Gasteiger partial charge in [0, 0.05) is 6.54 Å². The number of carbonyl (C=O) groups is 1. The number of nitrogens with one attached hydrogen (secondary N) is 1. The minimum Gasteiger partial charge on any atom is -0.487 e. The van der Waals surface area contributed by atoms with E-state index >= 15 is 0 Å². The molecule has 116 valence electrons. The second kappa shape index (κ2) is 7.11. The molecule has 6 heteroatoms. The van der Waals surface area contributed by atoms with Crippen LogP contribution in [-0.4, -0.2) is 30.8 Å². The molecule has 1 aromatic carbocycles. The number of hydrogen-bond acceptors (Lipinski definition) is 4. The number of hydrogen-bond donors (Lipinski definition) is 2. The van der Waals surface area contributed by atoms with Crippen molar-refractivity contribution in [1.82, 2.24) is 0 Å². The maximum Gasteiger partial charge on any atom is 0.253 e. The number of nitrogens with two attached hydrogens (primary N) is 1. The second-order valence-corrected chi connectivity index (χ2v) is 5.74. The van der Waals surface area contributed by atoms with Crippen LogP contribution in [0.1, 0.15) is 26.7 Å². The summed E-state index contributed by atoms with van der Waals surface area (Å²) >= 11 is 6.14. The Morgan fingerprint density at radius 3 is 2.90 bits per heavy atom. The van der Waals surface area contributed by atoms with E-state index in [1.165, 1.54) is 0 Å². The summed E-state index contributed by atoms with van der Waals surface area (Å²) in [6.45, 7) is 4.24. The van der Waals surface area contributed by atoms with Gasteiger partial charge in [0.2, 0.25) is 0 Å². The number of anilines is 1. The van der Waals surface area contributed by atoms with Crippen molar-refractivity contribution in [3.05, 3.63) is 23.2 Å². The molecule has 3 N–H and O–H groups in total. The monoisotopic (exact) mass is 312 g/mol. The van der Waals surface area contributed by atoms with E-state index in [2.05, 4.69) is 5.32 Å². The summed E-state index contributed by atoms with van der Waals surface area (Å²) in [5, 5.41) is 3.30. The van der Waals surface area contributed by atoms with E-state index in [0.29, 0.717) is 29.4 Å². The van der Waals surface area contributed by atoms with Crippen molar-refractivity contribution in [1.29, 1.82) is 0 Å². The highest BCUT2D eigenvalue weighted by molar-refractivity contribution is 6.32. The lowest BCUT2D eigenvalue weighted by molar-refractivity contribution is -0.126. The first-order valence-corrected chi connectivity index (χ1v) is 7.50. The molecule has 21 heavy (non-hydrogen) atoms. The van der Waals surface area contributed by atoms with E-state index in [9.17, 15) is 4.79 Å². The van der Waals surface area contributed by atoms with E-state index in [1.807, 2.05) is 13.8 Å². The topological polar surface area (TPSA) is 73.6 Å². The van der Waals surface area contributed by atoms with E-state index < -0.39 is 6.10 Å². The van der Waals surface area contributed by atoms with Crippen LogP contribution in [0.15, 0.2) is 18.2 Å². The largest absolute Gasteiger partial charge is 0.487 e. The number of amides is 1. The molecular weight excluding hydrogens is 292 g/mol. The van der Waals surface area contributed by atoms with Gasteiger partial charge in [0.1, 0.15) is 6.10 Å². The maximum atomic E-state index is 12.2. The Kier molecular flexibility index (Phi) is 5.45. The van der Waals surface area contributed by atoms with Crippen LogP contribution in [-0.2, 0) is 9.53 Å². The molecule has 1 fully saturated rings. The first-order valence-electron chi connectivity index (χ1n) is 7.12. The lowest BCUT2D eigenvalue weighted by Crippen LogP contribution is -2.30. The minimum atomic E-state index is -0.468. The van der Waals surface area contributed by atoms with Crippen LogP contribution in [0.25, 0.3) is 0 Å². The molecular formula is C15H21ClN2O3. The fraction of sp³-hybridized carbons (Fsp3) is 0.533. The van der Waals surface area contributed by atoms with Gasteiger partial charge in [-0.3, -0.25) is 4.79 Å². The van der Waals surface area contributed by atoms with Crippen molar-refractivity contribution >= 4 is 23.2 Å². The molecule has 0 spiro atoms. The van der Waals surface area contributed by atoms with Gasteiger partial charge < -0.3 is 20.5 Å². The van der Waals surface area contributed by atoms with E-state index in [1.54, 1.807) is 18.2 Å². The zero-order valence-electron chi connectivity index (χ0n) is 12.3. The highest BCUT2D eigenvalue weighted by Gasteiger charge is 2.30. The summed E-state index contributed by atoms with van der Waals surface area (Å²) in [5.41, 5.74) is 6.11. The molecule has 0 unspecified atom stereocenters. The zero-order valence-corrected chi connectivity index (χ0v) is 13.0. The van der Waals surface area contributed by atoms with Crippen molar-refractivity contribution < 1.29 is 14.3 Å². The van der Waals surface area contributed by atoms with Crippen molar-refractivity contribution in [3.63, 3.8) is 0 Å². The maximum absolute atomic E-state index is 12.2. The third-order valence-corrected chi connectivity index (χ3v) is 3.54. The Bertz CT molecular complexity index is 508. The lowest BCUT2D eigenvalue weighted by atomic mass is 10.2. The van der Waals surface area contributed by atoms with Gasteiger partial charge in [0.05, 0.1) is 22.9 Å². The number of para-hydroxylation sites is 1. The summed E-state index contributed by atoms with van der Waals surface area (Å²) in [6, 6.07) is 5.26. The molecule has 1 aliphatic heterocycles. The molecule has 0 radical (unpaired) electrons. The molecule has 0 bridgehead atoms. The van der Waals surface area contributed by atoms with Gasteiger partial charge in [0.15, 0.2) is 5.75 Å². The van der Waals surface area contributed by atoms with Crippen LogP contribution in [0.5, 0.6) is 5.75 Å². The summed E-state index contributed by atoms with van der Waals surface area (Å²) in [5.74, 6) is 0.290. The summed E-state index contributed by atoms with van der Waals surface area (Å²) in [4.78, 5) is 12.2. The molecule has 2 rings (SSSR count). The van der Waals surface area contributed by atoms with Crippen LogP contribution in [0.3, 0.4) is 0 Å². The zero-order chi connectivity index (χ0) is 15.4. The Labute approximate surface area is 129 Å². The highest BCUT2D eigenvalue weighted by Crippen LogP contribution is 2.34. The second-order valence-electron chi connectivity index (χ2n) is 5.33. The van der Waals surface area contributed by atoms with Gasteiger partial charge in [-0.05, 0) is 38.8 Å². The molecule has 1 aliphatic rings. The summed E-state index contributed by atoms with van der Waals surface area (Å²) in [7, 11) is 0. The highest BCUT2D eigenvalue weighted by atomic mass is 35.5. The smallest absolute Gasteiger partial charge is 0.253 e. The van der Waals surface area contributed by atoms with Gasteiger partial charge in [-0.25, -0.2) is 0 Å². The predicted octanol–water partition coefficient (Wildman–Crippen LogP) is 2.57. The first-order chi connectivity index (χ1) is 10.0. The van der Waals surface area contributed by atoms with Crippen molar-refractivity contribution in [3.8, 4) is 5.75 Å². The van der Waals surface area contributed by atoms with Crippen LogP contribution in [0.2, 0.25) is 5.02 Å².